The van der Waals surface area contributed by atoms with E-state index in [4.69, 9.17) is 25.8 Å². The van der Waals surface area contributed by atoms with Crippen LogP contribution in [0.3, 0.4) is 0 Å². The molecule has 3 aromatic rings. The summed E-state index contributed by atoms with van der Waals surface area (Å²) in [5.74, 6) is 0.324. The summed E-state index contributed by atoms with van der Waals surface area (Å²) in [6.45, 7) is 6.07. The second kappa shape index (κ2) is 11.1. The number of anilines is 1. The highest BCUT2D eigenvalue weighted by molar-refractivity contribution is 6.32. The Balaban J connectivity index is 1.58. The molecule has 0 fully saturated rings. The van der Waals surface area contributed by atoms with Crippen molar-refractivity contribution in [1.82, 2.24) is 0 Å². The van der Waals surface area contributed by atoms with Crippen LogP contribution in [0, 0.1) is 6.92 Å². The molecule has 1 N–H and O–H groups in total. The predicted molar refractivity (Wildman–Crippen MR) is 139 cm³/mol. The fourth-order valence-corrected chi connectivity index (χ4v) is 3.86. The third-order valence-electron chi connectivity index (χ3n) is 5.34. The first kappa shape index (κ1) is 25.0. The maximum Gasteiger partial charge on any atom is 0.363 e. The molecule has 0 atom stereocenters. The summed E-state index contributed by atoms with van der Waals surface area (Å²) in [6, 6.07) is 18.2. The molecule has 1 aliphatic heterocycles. The van der Waals surface area contributed by atoms with Gasteiger partial charge in [0.25, 0.3) is 0 Å². The second-order valence-electron chi connectivity index (χ2n) is 8.07. The van der Waals surface area contributed by atoms with Crippen LogP contribution in [0.2, 0.25) is 5.02 Å². The van der Waals surface area contributed by atoms with Gasteiger partial charge in [-0.25, -0.2) is 9.79 Å². The van der Waals surface area contributed by atoms with Gasteiger partial charge in [0.2, 0.25) is 11.8 Å². The van der Waals surface area contributed by atoms with Gasteiger partial charge in [-0.1, -0.05) is 35.9 Å². The average Bonchev–Trinajstić information content (AvgIpc) is 3.20. The number of esters is 1. The molecule has 7 nitrogen and oxygen atoms in total. The Morgan fingerprint density at radius 3 is 2.56 bits per heavy atom. The molecule has 0 aliphatic carbocycles. The van der Waals surface area contributed by atoms with Gasteiger partial charge in [-0.05, 0) is 73.0 Å². The third kappa shape index (κ3) is 5.93. The quantitative estimate of drug-likeness (QED) is 0.303. The smallest absolute Gasteiger partial charge is 0.363 e. The van der Waals surface area contributed by atoms with Crippen LogP contribution in [-0.4, -0.2) is 24.4 Å². The Morgan fingerprint density at radius 1 is 1.11 bits per heavy atom. The molecule has 36 heavy (non-hydrogen) atoms. The number of halogens is 1. The zero-order chi connectivity index (χ0) is 25.7. The van der Waals surface area contributed by atoms with Crippen LogP contribution in [-0.2, 0) is 20.9 Å². The summed E-state index contributed by atoms with van der Waals surface area (Å²) in [4.78, 5) is 28.0. The van der Waals surface area contributed by atoms with E-state index in [-0.39, 0.29) is 17.5 Å². The number of aliphatic imine (C=N–C) groups is 1. The van der Waals surface area contributed by atoms with Gasteiger partial charge in [0.1, 0.15) is 6.61 Å². The second-order valence-corrected chi connectivity index (χ2v) is 8.48. The normalized spacial score (nSPS) is 13.8. The van der Waals surface area contributed by atoms with E-state index in [1.54, 1.807) is 42.5 Å². The highest BCUT2D eigenvalue weighted by Crippen LogP contribution is 2.38. The summed E-state index contributed by atoms with van der Waals surface area (Å²) in [6.07, 6.45) is 1.58. The van der Waals surface area contributed by atoms with E-state index in [1.165, 1.54) is 6.92 Å². The zero-order valence-electron chi connectivity index (χ0n) is 20.1. The Bertz CT molecular complexity index is 1360. The fourth-order valence-electron chi connectivity index (χ4n) is 3.59. The molecule has 184 valence electrons. The number of benzene rings is 3. The molecule has 3 aromatic carbocycles. The van der Waals surface area contributed by atoms with Gasteiger partial charge in [0, 0.05) is 18.2 Å². The van der Waals surface area contributed by atoms with E-state index in [0.29, 0.717) is 46.5 Å². The molecule has 0 saturated heterocycles. The van der Waals surface area contributed by atoms with E-state index in [0.717, 1.165) is 11.1 Å². The van der Waals surface area contributed by atoms with Crippen LogP contribution in [0.15, 0.2) is 71.4 Å². The van der Waals surface area contributed by atoms with E-state index in [2.05, 4.69) is 10.3 Å². The molecule has 0 spiro atoms. The Kier molecular flexibility index (Phi) is 7.71. The summed E-state index contributed by atoms with van der Waals surface area (Å²) in [5, 5.41) is 3.04. The molecular weight excluding hydrogens is 480 g/mol. The largest absolute Gasteiger partial charge is 0.490 e. The van der Waals surface area contributed by atoms with Gasteiger partial charge < -0.3 is 19.5 Å². The minimum absolute atomic E-state index is 0.128. The van der Waals surface area contributed by atoms with Crippen molar-refractivity contribution in [3.8, 4) is 11.5 Å². The van der Waals surface area contributed by atoms with Crippen LogP contribution >= 0.6 is 11.6 Å². The Morgan fingerprint density at radius 2 is 1.86 bits per heavy atom. The number of carbonyl (C=O) groups is 2. The summed E-state index contributed by atoms with van der Waals surface area (Å²) in [5.41, 5.74) is 4.14. The minimum atomic E-state index is -0.579. The first-order chi connectivity index (χ1) is 17.3. The molecule has 8 heteroatoms. The standard InChI is InChI=1S/C28H25ClN2O5/c1-4-34-25-15-19(13-23(29)26(25)35-16-21-8-6-5-7-17(21)2)14-24-28(33)36-27(31-24)20-9-11-22(12-10-20)30-18(3)32/h5-15H,4,16H2,1-3H3,(H,30,32)/b24-14-. The number of aryl methyl sites for hydroxylation is 1. The molecule has 1 heterocycles. The van der Waals surface area contributed by atoms with Crippen molar-refractivity contribution in [1.29, 1.82) is 0 Å². The monoisotopic (exact) mass is 504 g/mol. The molecule has 0 unspecified atom stereocenters. The van der Waals surface area contributed by atoms with E-state index < -0.39 is 5.97 Å². The van der Waals surface area contributed by atoms with Crippen molar-refractivity contribution >= 4 is 41.1 Å². The van der Waals surface area contributed by atoms with Crippen molar-refractivity contribution in [2.24, 2.45) is 4.99 Å². The maximum absolute atomic E-state index is 12.5. The van der Waals surface area contributed by atoms with Crippen molar-refractivity contribution in [3.63, 3.8) is 0 Å². The molecule has 1 aliphatic rings. The number of hydrogen-bond donors (Lipinski definition) is 1. The van der Waals surface area contributed by atoms with Crippen molar-refractivity contribution in [3.05, 3.63) is 93.6 Å². The summed E-state index contributed by atoms with van der Waals surface area (Å²) in [7, 11) is 0. The maximum atomic E-state index is 12.5. The number of rotatable bonds is 8. The van der Waals surface area contributed by atoms with Gasteiger partial charge in [0.05, 0.1) is 11.6 Å². The molecule has 0 saturated carbocycles. The first-order valence-electron chi connectivity index (χ1n) is 11.4. The molecule has 0 radical (unpaired) electrons. The number of amides is 1. The predicted octanol–water partition coefficient (Wildman–Crippen LogP) is 5.93. The van der Waals surface area contributed by atoms with Crippen LogP contribution in [0.4, 0.5) is 5.69 Å². The van der Waals surface area contributed by atoms with Crippen molar-refractivity contribution in [2.75, 3.05) is 11.9 Å². The summed E-state index contributed by atoms with van der Waals surface area (Å²) >= 11 is 6.56. The summed E-state index contributed by atoms with van der Waals surface area (Å²) < 4.78 is 17.1. The van der Waals surface area contributed by atoms with Gasteiger partial charge in [-0.15, -0.1) is 0 Å². The van der Waals surface area contributed by atoms with E-state index in [1.807, 2.05) is 38.1 Å². The first-order valence-corrected chi connectivity index (χ1v) is 11.8. The van der Waals surface area contributed by atoms with Crippen LogP contribution in [0.25, 0.3) is 6.08 Å². The van der Waals surface area contributed by atoms with Crippen molar-refractivity contribution in [2.45, 2.75) is 27.4 Å². The fraction of sp³-hybridized carbons (Fsp3) is 0.179. The Hall–Kier alpha value is -4.10. The van der Waals surface area contributed by atoms with Gasteiger partial charge >= 0.3 is 5.97 Å². The molecule has 1 amide bonds. The highest BCUT2D eigenvalue weighted by atomic mass is 35.5. The lowest BCUT2D eigenvalue weighted by Crippen LogP contribution is -2.07. The zero-order valence-corrected chi connectivity index (χ0v) is 20.9. The van der Waals surface area contributed by atoms with Crippen LogP contribution in [0.5, 0.6) is 11.5 Å². The Labute approximate surface area is 214 Å². The number of carbonyl (C=O) groups excluding carboxylic acids is 2. The number of hydrogen-bond acceptors (Lipinski definition) is 6. The highest BCUT2D eigenvalue weighted by Gasteiger charge is 2.24. The molecule has 4 rings (SSSR count). The molecule has 0 bridgehead atoms. The van der Waals surface area contributed by atoms with Gasteiger partial charge in [-0.3, -0.25) is 4.79 Å². The SMILES string of the molecule is CCOc1cc(/C=C2\N=C(c3ccc(NC(C)=O)cc3)OC2=O)cc(Cl)c1OCc1ccccc1C. The van der Waals surface area contributed by atoms with Crippen LogP contribution < -0.4 is 14.8 Å². The minimum Gasteiger partial charge on any atom is -0.490 e. The lowest BCUT2D eigenvalue weighted by molar-refractivity contribution is -0.129. The van der Waals surface area contributed by atoms with Crippen LogP contribution in [0.1, 0.15) is 36.1 Å². The molecule has 0 aromatic heterocycles. The lowest BCUT2D eigenvalue weighted by atomic mass is 10.1. The molecular formula is C28H25ClN2O5. The lowest BCUT2D eigenvalue weighted by Gasteiger charge is -2.15. The topological polar surface area (TPSA) is 86.2 Å². The number of cyclic esters (lactones) is 1. The number of nitrogens with zero attached hydrogens (tertiary/aromatic N) is 1. The van der Waals surface area contributed by atoms with Gasteiger partial charge in [-0.2, -0.15) is 0 Å². The average molecular weight is 505 g/mol. The number of nitrogens with one attached hydrogen (secondary N) is 1. The van der Waals surface area contributed by atoms with Crippen molar-refractivity contribution < 1.29 is 23.8 Å². The van der Waals surface area contributed by atoms with E-state index >= 15 is 0 Å². The van der Waals surface area contributed by atoms with Gasteiger partial charge in [0.15, 0.2) is 17.2 Å². The third-order valence-corrected chi connectivity index (χ3v) is 5.62. The van der Waals surface area contributed by atoms with E-state index in [9.17, 15) is 9.59 Å². The number of ether oxygens (including phenoxy) is 3.